The van der Waals surface area contributed by atoms with Gasteiger partial charge in [0, 0.05) is 19.0 Å². The van der Waals surface area contributed by atoms with Gasteiger partial charge in [-0.25, -0.2) is 9.59 Å². The van der Waals surface area contributed by atoms with Crippen molar-refractivity contribution in [3.05, 3.63) is 0 Å². The summed E-state index contributed by atoms with van der Waals surface area (Å²) < 4.78 is 0. The molecule has 2 fully saturated rings. The van der Waals surface area contributed by atoms with Crippen LogP contribution in [0.2, 0.25) is 0 Å². The van der Waals surface area contributed by atoms with E-state index in [1.54, 1.807) is 0 Å². The van der Waals surface area contributed by atoms with Crippen molar-refractivity contribution in [1.82, 2.24) is 16.0 Å². The summed E-state index contributed by atoms with van der Waals surface area (Å²) in [6, 6.07) is -0.923. The average Bonchev–Trinajstić information content (AvgIpc) is 3.23. The largest absolute Gasteiger partial charge is 0.480 e. The van der Waals surface area contributed by atoms with Crippen LogP contribution >= 0.6 is 0 Å². The maximum absolute atomic E-state index is 11.5. The molecule has 112 valence electrons. The minimum absolute atomic E-state index is 0.0103. The van der Waals surface area contributed by atoms with E-state index < -0.39 is 18.0 Å². The van der Waals surface area contributed by atoms with Gasteiger partial charge < -0.3 is 21.1 Å². The van der Waals surface area contributed by atoms with Gasteiger partial charge in [-0.05, 0) is 38.0 Å². The van der Waals surface area contributed by atoms with Crippen molar-refractivity contribution in [3.63, 3.8) is 0 Å². The van der Waals surface area contributed by atoms with Crippen LogP contribution in [-0.4, -0.2) is 41.6 Å². The highest BCUT2D eigenvalue weighted by Gasteiger charge is 2.37. The lowest BCUT2D eigenvalue weighted by molar-refractivity contribution is -0.139. The summed E-state index contributed by atoms with van der Waals surface area (Å²) in [4.78, 5) is 33.9. The van der Waals surface area contributed by atoms with E-state index in [-0.39, 0.29) is 11.8 Å². The first-order valence-electron chi connectivity index (χ1n) is 7.13. The quantitative estimate of drug-likeness (QED) is 0.477. The van der Waals surface area contributed by atoms with Crippen LogP contribution in [0.1, 0.15) is 38.5 Å². The number of urea groups is 1. The van der Waals surface area contributed by atoms with E-state index in [0.29, 0.717) is 25.4 Å². The molecule has 1 unspecified atom stereocenters. The van der Waals surface area contributed by atoms with E-state index in [1.807, 2.05) is 0 Å². The number of hydrogen-bond donors (Lipinski definition) is 4. The Labute approximate surface area is 117 Å². The molecule has 0 bridgehead atoms. The molecular formula is C13H21N3O4. The summed E-state index contributed by atoms with van der Waals surface area (Å²) in [6.07, 6.45) is 4.74. The standard InChI is InChI=1S/C13H21N3O4/c17-10(15-9-5-6-9)2-1-7-14-13(20)16-11(12(18)19)8-3-4-8/h8-9,11H,1-7H2,(H,15,17)(H,18,19)(H2,14,16,20). The van der Waals surface area contributed by atoms with E-state index in [9.17, 15) is 14.4 Å². The highest BCUT2D eigenvalue weighted by Crippen LogP contribution is 2.32. The average molecular weight is 283 g/mol. The number of hydrogen-bond acceptors (Lipinski definition) is 3. The Kier molecular flexibility index (Phi) is 4.81. The van der Waals surface area contributed by atoms with E-state index in [1.165, 1.54) is 0 Å². The van der Waals surface area contributed by atoms with Gasteiger partial charge in [-0.1, -0.05) is 0 Å². The van der Waals surface area contributed by atoms with Gasteiger partial charge in [-0.3, -0.25) is 4.79 Å². The van der Waals surface area contributed by atoms with Gasteiger partial charge in [0.05, 0.1) is 0 Å². The van der Waals surface area contributed by atoms with E-state index in [0.717, 1.165) is 25.7 Å². The number of carboxylic acids is 1. The fourth-order valence-electron chi connectivity index (χ4n) is 1.98. The molecule has 1 atom stereocenters. The zero-order chi connectivity index (χ0) is 14.5. The number of carbonyl (C=O) groups excluding carboxylic acids is 2. The summed E-state index contributed by atoms with van der Waals surface area (Å²) in [5.74, 6) is -0.926. The fraction of sp³-hybridized carbons (Fsp3) is 0.769. The molecule has 0 aromatic rings. The maximum Gasteiger partial charge on any atom is 0.326 e. The van der Waals surface area contributed by atoms with Crippen molar-refractivity contribution in [1.29, 1.82) is 0 Å². The molecule has 0 aliphatic heterocycles. The normalized spacial score (nSPS) is 19.0. The lowest BCUT2D eigenvalue weighted by Gasteiger charge is -2.14. The van der Waals surface area contributed by atoms with Crippen LogP contribution in [0.25, 0.3) is 0 Å². The van der Waals surface area contributed by atoms with Crippen LogP contribution < -0.4 is 16.0 Å². The SMILES string of the molecule is O=C(CCCNC(=O)NC(C(=O)O)C1CC1)NC1CC1. The first-order valence-corrected chi connectivity index (χ1v) is 7.13. The molecule has 0 spiro atoms. The molecule has 0 radical (unpaired) electrons. The molecule has 3 amide bonds. The number of nitrogens with one attached hydrogen (secondary N) is 3. The molecule has 2 aliphatic carbocycles. The van der Waals surface area contributed by atoms with E-state index in [2.05, 4.69) is 16.0 Å². The molecule has 0 saturated heterocycles. The Morgan fingerprint density at radius 2 is 1.85 bits per heavy atom. The van der Waals surface area contributed by atoms with Gasteiger partial charge in [-0.15, -0.1) is 0 Å². The molecule has 7 heteroatoms. The van der Waals surface area contributed by atoms with Gasteiger partial charge in [0.25, 0.3) is 0 Å². The molecule has 2 saturated carbocycles. The Bertz CT molecular complexity index is 391. The third kappa shape index (κ3) is 5.07. The number of carboxylic acid groups (broad SMARTS) is 1. The fourth-order valence-corrected chi connectivity index (χ4v) is 1.98. The molecule has 0 heterocycles. The highest BCUT2D eigenvalue weighted by atomic mass is 16.4. The van der Waals surface area contributed by atoms with E-state index >= 15 is 0 Å². The highest BCUT2D eigenvalue weighted by molar-refractivity contribution is 5.83. The zero-order valence-corrected chi connectivity index (χ0v) is 11.4. The second-order valence-electron chi connectivity index (χ2n) is 5.50. The summed E-state index contributed by atoms with van der Waals surface area (Å²) in [5, 5.41) is 16.9. The molecule has 7 nitrogen and oxygen atoms in total. The summed E-state index contributed by atoms with van der Waals surface area (Å²) in [6.45, 7) is 0.362. The van der Waals surface area contributed by atoms with Crippen molar-refractivity contribution in [2.45, 2.75) is 50.6 Å². The summed E-state index contributed by atoms with van der Waals surface area (Å²) in [7, 11) is 0. The maximum atomic E-state index is 11.5. The minimum Gasteiger partial charge on any atom is -0.480 e. The van der Waals surface area contributed by atoms with Crippen LogP contribution in [0.3, 0.4) is 0 Å². The van der Waals surface area contributed by atoms with Crippen molar-refractivity contribution in [2.75, 3.05) is 6.54 Å². The second kappa shape index (κ2) is 6.58. The molecule has 2 rings (SSSR count). The smallest absolute Gasteiger partial charge is 0.326 e. The number of rotatable bonds is 8. The Morgan fingerprint density at radius 3 is 2.40 bits per heavy atom. The van der Waals surface area contributed by atoms with Gasteiger partial charge in [-0.2, -0.15) is 0 Å². The van der Waals surface area contributed by atoms with Crippen LogP contribution in [0, 0.1) is 5.92 Å². The number of amides is 3. The zero-order valence-electron chi connectivity index (χ0n) is 11.4. The lowest BCUT2D eigenvalue weighted by Crippen LogP contribution is -2.47. The van der Waals surface area contributed by atoms with E-state index in [4.69, 9.17) is 5.11 Å². The van der Waals surface area contributed by atoms with Gasteiger partial charge >= 0.3 is 12.0 Å². The molecular weight excluding hydrogens is 262 g/mol. The summed E-state index contributed by atoms with van der Waals surface area (Å²) >= 11 is 0. The van der Waals surface area contributed by atoms with Gasteiger partial charge in [0.1, 0.15) is 6.04 Å². The minimum atomic E-state index is -0.994. The number of aliphatic carboxylic acids is 1. The first-order chi connectivity index (χ1) is 9.56. The summed E-state index contributed by atoms with van der Waals surface area (Å²) in [5.41, 5.74) is 0. The second-order valence-corrected chi connectivity index (χ2v) is 5.50. The number of carbonyl (C=O) groups is 3. The molecule has 20 heavy (non-hydrogen) atoms. The van der Waals surface area contributed by atoms with Crippen LogP contribution in [0.15, 0.2) is 0 Å². The third-order valence-corrected chi connectivity index (χ3v) is 3.45. The van der Waals surface area contributed by atoms with Gasteiger partial charge in [0.15, 0.2) is 0 Å². The van der Waals surface area contributed by atoms with Crippen molar-refractivity contribution < 1.29 is 19.5 Å². The van der Waals surface area contributed by atoms with Crippen molar-refractivity contribution in [2.24, 2.45) is 5.92 Å². The Balaban J connectivity index is 1.54. The van der Waals surface area contributed by atoms with Crippen LogP contribution in [-0.2, 0) is 9.59 Å². The predicted octanol–water partition coefficient (Wildman–Crippen LogP) is 0.208. The first kappa shape index (κ1) is 14.6. The molecule has 0 aromatic heterocycles. The predicted molar refractivity (Wildman–Crippen MR) is 71.1 cm³/mol. The molecule has 0 aromatic carbocycles. The van der Waals surface area contributed by atoms with Crippen molar-refractivity contribution in [3.8, 4) is 0 Å². The topological polar surface area (TPSA) is 108 Å². The Hall–Kier alpha value is -1.79. The van der Waals surface area contributed by atoms with Crippen molar-refractivity contribution >= 4 is 17.9 Å². The monoisotopic (exact) mass is 283 g/mol. The molecule has 4 N–H and O–H groups in total. The van der Waals surface area contributed by atoms with Gasteiger partial charge in [0.2, 0.25) is 5.91 Å². The third-order valence-electron chi connectivity index (χ3n) is 3.45. The van der Waals surface area contributed by atoms with Crippen LogP contribution in [0.4, 0.5) is 4.79 Å². The lowest BCUT2D eigenvalue weighted by atomic mass is 10.2. The molecule has 2 aliphatic rings. The Morgan fingerprint density at radius 1 is 1.15 bits per heavy atom. The van der Waals surface area contributed by atoms with Crippen LogP contribution in [0.5, 0.6) is 0 Å².